The van der Waals surface area contributed by atoms with Crippen LogP contribution >= 0.6 is 0 Å². The first-order valence-electron chi connectivity index (χ1n) is 33.6. The maximum atomic E-state index is 12.9. The van der Waals surface area contributed by atoms with Gasteiger partial charge in [-0.3, -0.25) is 14.4 Å². The van der Waals surface area contributed by atoms with Crippen LogP contribution in [0.3, 0.4) is 0 Å². The van der Waals surface area contributed by atoms with E-state index >= 15 is 0 Å². The molecule has 0 rings (SSSR count). The Morgan fingerprint density at radius 3 is 0.731 bits per heavy atom. The van der Waals surface area contributed by atoms with Crippen molar-refractivity contribution in [2.45, 2.75) is 341 Å². The molecule has 0 heterocycles. The van der Waals surface area contributed by atoms with E-state index in [4.69, 9.17) is 14.2 Å². The molecule has 78 heavy (non-hydrogen) atoms. The number of allylic oxidation sites excluding steroid dienone is 14. The molecule has 0 bridgehead atoms. The summed E-state index contributed by atoms with van der Waals surface area (Å²) in [6, 6.07) is 0. The van der Waals surface area contributed by atoms with E-state index in [-0.39, 0.29) is 31.1 Å². The molecule has 0 aliphatic heterocycles. The van der Waals surface area contributed by atoms with Crippen molar-refractivity contribution in [1.29, 1.82) is 0 Å². The van der Waals surface area contributed by atoms with E-state index in [0.717, 1.165) is 96.3 Å². The third-order valence-electron chi connectivity index (χ3n) is 14.6. The van der Waals surface area contributed by atoms with Gasteiger partial charge in [0.15, 0.2) is 6.10 Å². The molecule has 6 heteroatoms. The van der Waals surface area contributed by atoms with Crippen molar-refractivity contribution in [2.75, 3.05) is 13.2 Å². The fourth-order valence-electron chi connectivity index (χ4n) is 9.51. The first kappa shape index (κ1) is 74.6. The average Bonchev–Trinajstić information content (AvgIpc) is 3.44. The number of unbranched alkanes of at least 4 members (excludes halogenated alkanes) is 36. The summed E-state index contributed by atoms with van der Waals surface area (Å²) >= 11 is 0. The molecule has 0 spiro atoms. The molecule has 0 N–H and O–H groups in total. The number of rotatable bonds is 61. The summed E-state index contributed by atoms with van der Waals surface area (Å²) in [5, 5.41) is 0. The standard InChI is InChI=1S/C72H126O6/c1-4-7-10-13-16-19-22-25-28-31-34-36-38-41-44-47-50-53-56-59-62-65-71(74)77-68-69(67-76-70(73)64-61-58-55-52-49-46-43-40-33-30-27-24-21-18-15-12-9-6-3)78-72(75)66-63-60-57-54-51-48-45-42-39-37-35-32-29-26-23-20-17-14-11-8-5-2/h21-26,30-35,38,41,69H,4-20,27-29,36-37,39-40,42-68H2,1-3H3/b24-21-,25-22-,26-23-,33-30-,34-31-,35-32-,41-38-. The van der Waals surface area contributed by atoms with Crippen molar-refractivity contribution in [3.8, 4) is 0 Å². The third-order valence-corrected chi connectivity index (χ3v) is 14.6. The highest BCUT2D eigenvalue weighted by Crippen LogP contribution is 2.16. The van der Waals surface area contributed by atoms with Crippen LogP contribution in [0, 0.1) is 0 Å². The molecule has 0 saturated heterocycles. The topological polar surface area (TPSA) is 78.9 Å². The molecule has 0 amide bonds. The SMILES string of the molecule is CCCCCC/C=C\C/C=C\CCCCCCCCCC(=O)OCC(COC(=O)CCCCCCCC/C=C\C/C=C\C/C=C\CCCCCCC)OC(=O)CCCCCCCCCCC/C=C\C/C=C\CCCCCCC. The van der Waals surface area contributed by atoms with Gasteiger partial charge in [-0.15, -0.1) is 0 Å². The minimum atomic E-state index is -0.791. The lowest BCUT2D eigenvalue weighted by molar-refractivity contribution is -0.167. The van der Waals surface area contributed by atoms with Gasteiger partial charge in [-0.05, 0) is 122 Å². The van der Waals surface area contributed by atoms with Gasteiger partial charge in [0.05, 0.1) is 0 Å². The molecule has 450 valence electrons. The van der Waals surface area contributed by atoms with Crippen molar-refractivity contribution >= 4 is 17.9 Å². The van der Waals surface area contributed by atoms with Gasteiger partial charge in [0.25, 0.3) is 0 Å². The smallest absolute Gasteiger partial charge is 0.306 e. The molecular weight excluding hydrogens is 961 g/mol. The Kier molecular flexibility index (Phi) is 63.2. The second-order valence-corrected chi connectivity index (χ2v) is 22.4. The van der Waals surface area contributed by atoms with Crippen LogP contribution in [0.15, 0.2) is 85.1 Å². The van der Waals surface area contributed by atoms with Gasteiger partial charge in [-0.25, -0.2) is 0 Å². The summed E-state index contributed by atoms with van der Waals surface area (Å²) in [6.45, 7) is 6.62. The Hall–Kier alpha value is -3.41. The summed E-state index contributed by atoms with van der Waals surface area (Å²) in [5.74, 6) is -0.895. The highest BCUT2D eigenvalue weighted by molar-refractivity contribution is 5.71. The van der Waals surface area contributed by atoms with Crippen molar-refractivity contribution in [3.63, 3.8) is 0 Å². The molecule has 0 aliphatic rings. The molecule has 0 aromatic rings. The molecule has 6 nitrogen and oxygen atoms in total. The lowest BCUT2D eigenvalue weighted by atomic mass is 10.1. The quantitative estimate of drug-likeness (QED) is 0.0261. The van der Waals surface area contributed by atoms with Crippen LogP contribution in [0.4, 0.5) is 0 Å². The predicted octanol–water partition coefficient (Wildman–Crippen LogP) is 23.1. The second kappa shape index (κ2) is 66.1. The highest BCUT2D eigenvalue weighted by atomic mass is 16.6. The highest BCUT2D eigenvalue weighted by Gasteiger charge is 2.19. The van der Waals surface area contributed by atoms with E-state index in [1.54, 1.807) is 0 Å². The largest absolute Gasteiger partial charge is 0.462 e. The van der Waals surface area contributed by atoms with Crippen LogP contribution in [0.25, 0.3) is 0 Å². The molecule has 0 saturated carbocycles. The van der Waals surface area contributed by atoms with Crippen LogP contribution in [0.2, 0.25) is 0 Å². The van der Waals surface area contributed by atoms with Crippen LogP contribution < -0.4 is 0 Å². The number of ether oxygens (including phenoxy) is 3. The zero-order valence-corrected chi connectivity index (χ0v) is 51.7. The summed E-state index contributed by atoms with van der Waals surface area (Å²) < 4.78 is 17.0. The van der Waals surface area contributed by atoms with Crippen LogP contribution in [0.5, 0.6) is 0 Å². The molecule has 0 fully saturated rings. The Labute approximate surface area is 484 Å². The molecule has 1 atom stereocenters. The van der Waals surface area contributed by atoms with E-state index in [1.165, 1.54) is 199 Å². The zero-order chi connectivity index (χ0) is 56.4. The van der Waals surface area contributed by atoms with Gasteiger partial charge in [0.2, 0.25) is 0 Å². The minimum Gasteiger partial charge on any atom is -0.462 e. The summed E-state index contributed by atoms with van der Waals surface area (Å²) in [4.78, 5) is 38.4. The van der Waals surface area contributed by atoms with E-state index in [0.29, 0.717) is 19.3 Å². The minimum absolute atomic E-state index is 0.0859. The maximum Gasteiger partial charge on any atom is 0.306 e. The van der Waals surface area contributed by atoms with Crippen molar-refractivity contribution in [3.05, 3.63) is 85.1 Å². The van der Waals surface area contributed by atoms with Gasteiger partial charge in [0.1, 0.15) is 13.2 Å². The normalized spacial score (nSPS) is 12.6. The van der Waals surface area contributed by atoms with E-state index in [9.17, 15) is 14.4 Å². The average molecular weight is 1090 g/mol. The Morgan fingerprint density at radius 2 is 0.462 bits per heavy atom. The second-order valence-electron chi connectivity index (χ2n) is 22.4. The van der Waals surface area contributed by atoms with Gasteiger partial charge in [0, 0.05) is 19.3 Å². The van der Waals surface area contributed by atoms with Gasteiger partial charge in [-0.1, -0.05) is 279 Å². The molecule has 0 aliphatic carbocycles. The van der Waals surface area contributed by atoms with Gasteiger partial charge < -0.3 is 14.2 Å². The molecule has 0 aromatic heterocycles. The lowest BCUT2D eigenvalue weighted by Gasteiger charge is -2.18. The van der Waals surface area contributed by atoms with E-state index in [2.05, 4.69) is 106 Å². The number of esters is 3. The first-order valence-corrected chi connectivity index (χ1v) is 33.6. The van der Waals surface area contributed by atoms with Crippen LogP contribution in [-0.4, -0.2) is 37.2 Å². The van der Waals surface area contributed by atoms with Crippen molar-refractivity contribution in [2.24, 2.45) is 0 Å². The summed E-state index contributed by atoms with van der Waals surface area (Å²) in [7, 11) is 0. The molecule has 1 unspecified atom stereocenters. The number of carbonyl (C=O) groups is 3. The zero-order valence-electron chi connectivity index (χ0n) is 51.7. The Balaban J connectivity index is 4.42. The summed E-state index contributed by atoms with van der Waals surface area (Å²) in [5.41, 5.74) is 0. The van der Waals surface area contributed by atoms with Crippen molar-refractivity contribution < 1.29 is 28.6 Å². The number of hydrogen-bond acceptors (Lipinski definition) is 6. The number of carbonyl (C=O) groups excluding carboxylic acids is 3. The van der Waals surface area contributed by atoms with Crippen molar-refractivity contribution in [1.82, 2.24) is 0 Å². The summed E-state index contributed by atoms with van der Waals surface area (Å²) in [6.07, 6.45) is 87.2. The monoisotopic (exact) mass is 1090 g/mol. The fraction of sp³-hybridized carbons (Fsp3) is 0.764. The Morgan fingerprint density at radius 1 is 0.256 bits per heavy atom. The molecule has 0 radical (unpaired) electrons. The lowest BCUT2D eigenvalue weighted by Crippen LogP contribution is -2.30. The fourth-order valence-corrected chi connectivity index (χ4v) is 9.51. The van der Waals surface area contributed by atoms with Gasteiger partial charge in [-0.2, -0.15) is 0 Å². The van der Waals surface area contributed by atoms with E-state index in [1.807, 2.05) is 0 Å². The number of hydrogen-bond donors (Lipinski definition) is 0. The third kappa shape index (κ3) is 63.4. The predicted molar refractivity (Wildman–Crippen MR) is 339 cm³/mol. The van der Waals surface area contributed by atoms with Crippen LogP contribution in [0.1, 0.15) is 335 Å². The molecular formula is C72H126O6. The van der Waals surface area contributed by atoms with Gasteiger partial charge >= 0.3 is 17.9 Å². The Bertz CT molecular complexity index is 1480. The maximum absolute atomic E-state index is 12.9. The molecule has 0 aromatic carbocycles. The first-order chi connectivity index (χ1) is 38.5. The van der Waals surface area contributed by atoms with E-state index < -0.39 is 6.10 Å². The van der Waals surface area contributed by atoms with Crippen LogP contribution in [-0.2, 0) is 28.6 Å².